The predicted octanol–water partition coefficient (Wildman–Crippen LogP) is 4.29. The van der Waals surface area contributed by atoms with Gasteiger partial charge in [-0.25, -0.2) is 4.98 Å². The van der Waals surface area contributed by atoms with Gasteiger partial charge >= 0.3 is 0 Å². The zero-order chi connectivity index (χ0) is 12.8. The van der Waals surface area contributed by atoms with Crippen molar-refractivity contribution in [2.75, 3.05) is 0 Å². The second-order valence-electron chi connectivity index (χ2n) is 4.93. The largest absolute Gasteiger partial charge is 0.474 e. The van der Waals surface area contributed by atoms with E-state index in [2.05, 4.69) is 32.8 Å². The lowest BCUT2D eigenvalue weighted by molar-refractivity contribution is 0.175. The Morgan fingerprint density at radius 3 is 2.61 bits per heavy atom. The molecule has 0 unspecified atom stereocenters. The molecule has 1 aliphatic carbocycles. The maximum absolute atomic E-state index is 6.02. The molecule has 100 valence electrons. The molecule has 1 saturated carbocycles. The number of aryl methyl sites for hydroxylation is 1. The minimum Gasteiger partial charge on any atom is -0.474 e. The number of nitrogens with zero attached hydrogens (tertiary/aromatic N) is 2. The average Bonchev–Trinajstić information content (AvgIpc) is 2.57. The maximum atomic E-state index is 6.02. The zero-order valence-electron chi connectivity index (χ0n) is 11.0. The summed E-state index contributed by atoms with van der Waals surface area (Å²) in [5.41, 5.74) is 0. The summed E-state index contributed by atoms with van der Waals surface area (Å²) in [7, 11) is 0. The highest BCUT2D eigenvalue weighted by Gasteiger charge is 2.15. The molecule has 0 saturated heterocycles. The molecular weight excluding hydrogens is 292 g/mol. The molecule has 0 spiro atoms. The van der Waals surface area contributed by atoms with Gasteiger partial charge in [0.25, 0.3) is 0 Å². The molecule has 1 aliphatic rings. The first-order valence-electron chi connectivity index (χ1n) is 6.98. The van der Waals surface area contributed by atoms with Gasteiger partial charge < -0.3 is 4.74 Å². The van der Waals surface area contributed by atoms with Crippen LogP contribution < -0.4 is 4.74 Å². The van der Waals surface area contributed by atoms with Gasteiger partial charge in [-0.1, -0.05) is 19.8 Å². The van der Waals surface area contributed by atoms with Gasteiger partial charge in [-0.2, -0.15) is 4.98 Å². The van der Waals surface area contributed by atoms with E-state index in [0.29, 0.717) is 6.10 Å². The van der Waals surface area contributed by atoms with E-state index < -0.39 is 0 Å². The standard InChI is InChI=1S/C14H21BrN2O/c1-2-7-13-16-12(15)10-14(17-13)18-11-8-5-3-4-6-9-11/h10-11H,2-9H2,1H3. The van der Waals surface area contributed by atoms with Crippen molar-refractivity contribution in [2.24, 2.45) is 0 Å². The summed E-state index contributed by atoms with van der Waals surface area (Å²) in [4.78, 5) is 8.85. The highest BCUT2D eigenvalue weighted by atomic mass is 79.9. The Kier molecular flexibility index (Phi) is 5.42. The predicted molar refractivity (Wildman–Crippen MR) is 75.8 cm³/mol. The Hall–Kier alpha value is -0.640. The molecule has 0 N–H and O–H groups in total. The average molecular weight is 313 g/mol. The van der Waals surface area contributed by atoms with Crippen molar-refractivity contribution in [3.05, 3.63) is 16.5 Å². The first-order chi connectivity index (χ1) is 8.78. The smallest absolute Gasteiger partial charge is 0.217 e. The second kappa shape index (κ2) is 7.07. The monoisotopic (exact) mass is 312 g/mol. The van der Waals surface area contributed by atoms with Crippen LogP contribution in [0.25, 0.3) is 0 Å². The molecule has 2 rings (SSSR count). The van der Waals surface area contributed by atoms with Gasteiger partial charge in [-0.15, -0.1) is 0 Å². The Labute approximate surface area is 117 Å². The van der Waals surface area contributed by atoms with Crippen LogP contribution in [0.1, 0.15) is 57.7 Å². The summed E-state index contributed by atoms with van der Waals surface area (Å²) in [5, 5.41) is 0. The van der Waals surface area contributed by atoms with Crippen LogP contribution in [0.2, 0.25) is 0 Å². The molecule has 1 fully saturated rings. The molecule has 1 heterocycles. The SMILES string of the molecule is CCCc1nc(Br)cc(OC2CCCCCC2)n1. The van der Waals surface area contributed by atoms with E-state index in [-0.39, 0.29) is 0 Å². The Morgan fingerprint density at radius 1 is 1.22 bits per heavy atom. The van der Waals surface area contributed by atoms with Gasteiger partial charge in [0.1, 0.15) is 16.5 Å². The van der Waals surface area contributed by atoms with Crippen molar-refractivity contribution in [3.63, 3.8) is 0 Å². The Bertz CT molecular complexity index is 376. The first kappa shape index (κ1) is 13.8. The molecule has 0 radical (unpaired) electrons. The van der Waals surface area contributed by atoms with Gasteiger partial charge in [0, 0.05) is 12.5 Å². The normalized spacial score (nSPS) is 17.4. The third-order valence-corrected chi connectivity index (χ3v) is 3.69. The van der Waals surface area contributed by atoms with Gasteiger partial charge in [-0.3, -0.25) is 0 Å². The summed E-state index contributed by atoms with van der Waals surface area (Å²) < 4.78 is 6.85. The second-order valence-corrected chi connectivity index (χ2v) is 5.74. The van der Waals surface area contributed by atoms with Gasteiger partial charge in [-0.05, 0) is 48.0 Å². The molecule has 0 amide bonds. The summed E-state index contributed by atoms with van der Waals surface area (Å²) in [5.74, 6) is 1.60. The molecule has 0 atom stereocenters. The fourth-order valence-corrected chi connectivity index (χ4v) is 2.77. The number of halogens is 1. The van der Waals surface area contributed by atoms with E-state index in [4.69, 9.17) is 4.74 Å². The zero-order valence-corrected chi connectivity index (χ0v) is 12.6. The number of aromatic nitrogens is 2. The van der Waals surface area contributed by atoms with Gasteiger partial charge in [0.15, 0.2) is 0 Å². The molecular formula is C14H21BrN2O. The van der Waals surface area contributed by atoms with Gasteiger partial charge in [0.2, 0.25) is 5.88 Å². The summed E-state index contributed by atoms with van der Waals surface area (Å²) >= 11 is 3.43. The van der Waals surface area contributed by atoms with Crippen molar-refractivity contribution in [1.29, 1.82) is 0 Å². The van der Waals surface area contributed by atoms with Crippen LogP contribution in [0.15, 0.2) is 10.7 Å². The van der Waals surface area contributed by atoms with Crippen LogP contribution in [0, 0.1) is 0 Å². The minimum absolute atomic E-state index is 0.337. The summed E-state index contributed by atoms with van der Waals surface area (Å²) in [6.07, 6.45) is 9.85. The van der Waals surface area contributed by atoms with Crippen molar-refractivity contribution in [1.82, 2.24) is 9.97 Å². The Morgan fingerprint density at radius 2 is 1.94 bits per heavy atom. The van der Waals surface area contributed by atoms with Crippen molar-refractivity contribution in [3.8, 4) is 5.88 Å². The number of hydrogen-bond acceptors (Lipinski definition) is 3. The molecule has 4 heteroatoms. The van der Waals surface area contributed by atoms with Crippen molar-refractivity contribution in [2.45, 2.75) is 64.4 Å². The van der Waals surface area contributed by atoms with Crippen molar-refractivity contribution < 1.29 is 4.74 Å². The van der Waals surface area contributed by atoms with Crippen LogP contribution in [0.5, 0.6) is 5.88 Å². The quantitative estimate of drug-likeness (QED) is 0.614. The van der Waals surface area contributed by atoms with Crippen LogP contribution >= 0.6 is 15.9 Å². The van der Waals surface area contributed by atoms with E-state index in [1.165, 1.54) is 25.7 Å². The van der Waals surface area contributed by atoms with Crippen molar-refractivity contribution >= 4 is 15.9 Å². The molecule has 0 aliphatic heterocycles. The van der Waals surface area contributed by atoms with Crippen LogP contribution in [-0.2, 0) is 6.42 Å². The van der Waals surface area contributed by atoms with Gasteiger partial charge in [0.05, 0.1) is 0 Å². The molecule has 3 nitrogen and oxygen atoms in total. The van der Waals surface area contributed by atoms with E-state index in [1.807, 2.05) is 6.07 Å². The fourth-order valence-electron chi connectivity index (χ4n) is 2.37. The maximum Gasteiger partial charge on any atom is 0.217 e. The molecule has 0 aromatic carbocycles. The molecule has 0 bridgehead atoms. The molecule has 18 heavy (non-hydrogen) atoms. The van der Waals surface area contributed by atoms with E-state index >= 15 is 0 Å². The van der Waals surface area contributed by atoms with E-state index in [1.54, 1.807) is 0 Å². The first-order valence-corrected chi connectivity index (χ1v) is 7.77. The number of ether oxygens (including phenoxy) is 1. The minimum atomic E-state index is 0.337. The lowest BCUT2D eigenvalue weighted by Gasteiger charge is -2.16. The Balaban J connectivity index is 2.02. The van der Waals surface area contributed by atoms with Crippen LogP contribution in [0.3, 0.4) is 0 Å². The third kappa shape index (κ3) is 4.23. The third-order valence-electron chi connectivity index (χ3n) is 3.28. The highest BCUT2D eigenvalue weighted by molar-refractivity contribution is 9.10. The van der Waals surface area contributed by atoms with E-state index in [0.717, 1.165) is 42.0 Å². The lowest BCUT2D eigenvalue weighted by Crippen LogP contribution is -2.16. The lowest BCUT2D eigenvalue weighted by atomic mass is 10.1. The fraction of sp³-hybridized carbons (Fsp3) is 0.714. The molecule has 1 aromatic rings. The van der Waals surface area contributed by atoms with Crippen LogP contribution in [-0.4, -0.2) is 16.1 Å². The topological polar surface area (TPSA) is 35.0 Å². The number of hydrogen-bond donors (Lipinski definition) is 0. The highest BCUT2D eigenvalue weighted by Crippen LogP contribution is 2.23. The summed E-state index contributed by atoms with van der Waals surface area (Å²) in [6.45, 7) is 2.14. The molecule has 1 aromatic heterocycles. The number of rotatable bonds is 4. The van der Waals surface area contributed by atoms with Crippen LogP contribution in [0.4, 0.5) is 0 Å². The summed E-state index contributed by atoms with van der Waals surface area (Å²) in [6, 6.07) is 1.88. The van der Waals surface area contributed by atoms with E-state index in [9.17, 15) is 0 Å².